The van der Waals surface area contributed by atoms with Crippen LogP contribution < -0.4 is 15.5 Å². The van der Waals surface area contributed by atoms with Crippen molar-refractivity contribution in [2.45, 2.75) is 44.9 Å². The van der Waals surface area contributed by atoms with Crippen molar-refractivity contribution in [2.24, 2.45) is 4.99 Å². The summed E-state index contributed by atoms with van der Waals surface area (Å²) in [7, 11) is -0.878. The zero-order valence-electron chi connectivity index (χ0n) is 16.2. The van der Waals surface area contributed by atoms with Gasteiger partial charge in [0.05, 0.1) is 6.54 Å². The third-order valence-corrected chi connectivity index (χ3v) is 6.43. The lowest BCUT2D eigenvalue weighted by Crippen LogP contribution is -2.44. The summed E-state index contributed by atoms with van der Waals surface area (Å²) in [4.78, 5) is 6.94. The molecule has 0 aliphatic carbocycles. The molecule has 0 saturated carbocycles. The predicted molar refractivity (Wildman–Crippen MR) is 114 cm³/mol. The normalized spacial score (nSPS) is 19.5. The molecule has 1 aromatic carbocycles. The van der Waals surface area contributed by atoms with Crippen LogP contribution in [0.4, 0.5) is 5.69 Å². The molecule has 2 atom stereocenters. The predicted octanol–water partition coefficient (Wildman–Crippen LogP) is 3.02. The number of guanidine groups is 1. The molecular formula is C19H31ClN4OS. The highest BCUT2D eigenvalue weighted by Crippen LogP contribution is 2.23. The molecule has 2 unspecified atom stereocenters. The molecule has 2 rings (SSSR count). The minimum atomic E-state index is -0.878. The first kappa shape index (κ1) is 21.0. The molecule has 1 aliphatic rings. The van der Waals surface area contributed by atoms with Crippen molar-refractivity contribution in [1.29, 1.82) is 0 Å². The van der Waals surface area contributed by atoms with Crippen LogP contribution in [0.1, 0.15) is 34.1 Å². The van der Waals surface area contributed by atoms with E-state index in [1.54, 1.807) is 0 Å². The molecule has 5 nitrogen and oxygen atoms in total. The molecule has 26 heavy (non-hydrogen) atoms. The largest absolute Gasteiger partial charge is 0.369 e. The van der Waals surface area contributed by atoms with Gasteiger partial charge in [-0.1, -0.05) is 17.7 Å². The summed E-state index contributed by atoms with van der Waals surface area (Å²) in [5.74, 6) is 1.38. The van der Waals surface area contributed by atoms with Crippen molar-refractivity contribution < 1.29 is 4.21 Å². The van der Waals surface area contributed by atoms with Crippen LogP contribution in [0.3, 0.4) is 0 Å². The molecule has 1 aromatic rings. The summed E-state index contributed by atoms with van der Waals surface area (Å²) < 4.78 is 12.0. The van der Waals surface area contributed by atoms with Crippen molar-refractivity contribution in [3.05, 3.63) is 29.3 Å². The molecule has 0 aromatic heterocycles. The number of hydrogen-bond donors (Lipinski definition) is 2. The van der Waals surface area contributed by atoms with Gasteiger partial charge in [-0.25, -0.2) is 0 Å². The van der Waals surface area contributed by atoms with Crippen LogP contribution in [-0.4, -0.2) is 52.9 Å². The maximum Gasteiger partial charge on any atom is 0.191 e. The average Bonchev–Trinajstić information content (AvgIpc) is 3.02. The number of nitrogens with zero attached hydrogens (tertiary/aromatic N) is 2. The Morgan fingerprint density at radius 3 is 2.85 bits per heavy atom. The first-order valence-corrected chi connectivity index (χ1v) is 10.9. The Balaban J connectivity index is 1.89. The summed E-state index contributed by atoms with van der Waals surface area (Å²) in [5, 5.41) is 7.56. The van der Waals surface area contributed by atoms with Gasteiger partial charge in [0.15, 0.2) is 5.96 Å². The minimum Gasteiger partial charge on any atom is -0.369 e. The van der Waals surface area contributed by atoms with Gasteiger partial charge in [-0.05, 0) is 52.3 Å². The molecule has 146 valence electrons. The molecule has 0 radical (unpaired) electrons. The molecule has 1 saturated heterocycles. The molecule has 1 heterocycles. The van der Waals surface area contributed by atoms with Gasteiger partial charge in [-0.2, -0.15) is 0 Å². The Bertz CT molecular complexity index is 645. The highest BCUT2D eigenvalue weighted by molar-refractivity contribution is 7.86. The van der Waals surface area contributed by atoms with Crippen LogP contribution in [0.25, 0.3) is 0 Å². The second-order valence-corrected chi connectivity index (χ2v) is 10.2. The van der Waals surface area contributed by atoms with Gasteiger partial charge in [0.1, 0.15) is 0 Å². The Morgan fingerprint density at radius 2 is 2.19 bits per heavy atom. The molecular weight excluding hydrogens is 368 g/mol. The maximum atomic E-state index is 12.2. The summed E-state index contributed by atoms with van der Waals surface area (Å²) in [6.07, 6.45) is 1.05. The van der Waals surface area contributed by atoms with Gasteiger partial charge in [-0.15, -0.1) is 0 Å². The van der Waals surface area contributed by atoms with E-state index >= 15 is 0 Å². The van der Waals surface area contributed by atoms with E-state index in [0.717, 1.165) is 42.7 Å². The molecule has 7 heteroatoms. The first-order chi connectivity index (χ1) is 12.3. The van der Waals surface area contributed by atoms with Gasteiger partial charge in [0.25, 0.3) is 0 Å². The van der Waals surface area contributed by atoms with Crippen molar-refractivity contribution in [3.8, 4) is 0 Å². The van der Waals surface area contributed by atoms with Gasteiger partial charge in [0, 0.05) is 57.7 Å². The Labute approximate surface area is 165 Å². The van der Waals surface area contributed by atoms with Crippen molar-refractivity contribution in [2.75, 3.05) is 36.8 Å². The molecule has 0 bridgehead atoms. The third-order valence-electron chi connectivity index (χ3n) is 4.28. The lowest BCUT2D eigenvalue weighted by atomic mass is 10.3. The fraction of sp³-hybridized carbons (Fsp3) is 0.632. The fourth-order valence-electron chi connectivity index (χ4n) is 2.85. The lowest BCUT2D eigenvalue weighted by Gasteiger charge is -2.21. The van der Waals surface area contributed by atoms with E-state index in [9.17, 15) is 4.21 Å². The van der Waals surface area contributed by atoms with Crippen LogP contribution in [-0.2, 0) is 10.8 Å². The highest BCUT2D eigenvalue weighted by Gasteiger charge is 2.24. The number of hydrogen-bond acceptors (Lipinski definition) is 3. The number of aliphatic imine (C=N–C) groups is 1. The number of halogens is 1. The van der Waals surface area contributed by atoms with E-state index < -0.39 is 10.8 Å². The number of rotatable bonds is 6. The van der Waals surface area contributed by atoms with E-state index in [4.69, 9.17) is 11.6 Å². The number of anilines is 1. The second kappa shape index (κ2) is 9.60. The van der Waals surface area contributed by atoms with E-state index in [2.05, 4.69) is 33.5 Å². The third kappa shape index (κ3) is 6.47. The lowest BCUT2D eigenvalue weighted by molar-refractivity contribution is 0.644. The Morgan fingerprint density at radius 1 is 1.42 bits per heavy atom. The van der Waals surface area contributed by atoms with Crippen molar-refractivity contribution in [3.63, 3.8) is 0 Å². The first-order valence-electron chi connectivity index (χ1n) is 9.23. The topological polar surface area (TPSA) is 56.7 Å². The average molecular weight is 399 g/mol. The van der Waals surface area contributed by atoms with Crippen LogP contribution in [0.15, 0.2) is 29.3 Å². The van der Waals surface area contributed by atoms with E-state index in [0.29, 0.717) is 18.3 Å². The van der Waals surface area contributed by atoms with Crippen molar-refractivity contribution in [1.82, 2.24) is 10.6 Å². The quantitative estimate of drug-likeness (QED) is 0.571. The summed E-state index contributed by atoms with van der Waals surface area (Å²) in [6, 6.07) is 8.31. The van der Waals surface area contributed by atoms with Crippen molar-refractivity contribution >= 4 is 34.0 Å². The standard InChI is InChI=1S/C19H31ClN4OS/c1-5-21-18(22-10-12-26(25)19(2,3)4)23-16-9-11-24(14-16)17-8-6-7-15(20)13-17/h6-8,13,16H,5,9-12,14H2,1-4H3,(H2,21,22,23). The molecule has 1 aliphatic heterocycles. The zero-order valence-corrected chi connectivity index (χ0v) is 17.8. The van der Waals surface area contributed by atoms with Crippen LogP contribution in [0.5, 0.6) is 0 Å². The Kier molecular flexibility index (Phi) is 7.77. The SMILES string of the molecule is CCNC(=NCCS(=O)C(C)(C)C)NC1CCN(c2cccc(Cl)c2)C1. The molecule has 0 amide bonds. The molecule has 2 N–H and O–H groups in total. The van der Waals surface area contributed by atoms with Crippen LogP contribution in [0, 0.1) is 0 Å². The van der Waals surface area contributed by atoms with E-state index in [1.807, 2.05) is 39.0 Å². The summed E-state index contributed by atoms with van der Waals surface area (Å²) in [6.45, 7) is 11.3. The van der Waals surface area contributed by atoms with E-state index in [1.165, 1.54) is 0 Å². The monoisotopic (exact) mass is 398 g/mol. The van der Waals surface area contributed by atoms with Crippen LogP contribution in [0.2, 0.25) is 5.02 Å². The maximum absolute atomic E-state index is 12.2. The molecule has 0 spiro atoms. The number of benzene rings is 1. The second-order valence-electron chi connectivity index (χ2n) is 7.48. The highest BCUT2D eigenvalue weighted by atomic mass is 35.5. The minimum absolute atomic E-state index is 0.190. The van der Waals surface area contributed by atoms with E-state index in [-0.39, 0.29) is 4.75 Å². The summed E-state index contributed by atoms with van der Waals surface area (Å²) >= 11 is 6.10. The Hall–Kier alpha value is -1.27. The number of nitrogens with one attached hydrogen (secondary N) is 2. The van der Waals surface area contributed by atoms with Gasteiger partial charge in [0.2, 0.25) is 0 Å². The van der Waals surface area contributed by atoms with Gasteiger partial charge in [-0.3, -0.25) is 9.20 Å². The molecule has 1 fully saturated rings. The smallest absolute Gasteiger partial charge is 0.191 e. The fourth-order valence-corrected chi connectivity index (χ4v) is 3.90. The zero-order chi connectivity index (χ0) is 19.2. The van der Waals surface area contributed by atoms with Crippen LogP contribution >= 0.6 is 11.6 Å². The summed E-state index contributed by atoms with van der Waals surface area (Å²) in [5.41, 5.74) is 1.16. The van der Waals surface area contributed by atoms with Gasteiger partial charge < -0.3 is 15.5 Å². The van der Waals surface area contributed by atoms with Gasteiger partial charge >= 0.3 is 0 Å².